The zero-order valence-electron chi connectivity index (χ0n) is 14.7. The van der Waals surface area contributed by atoms with Crippen molar-refractivity contribution in [3.8, 4) is 0 Å². The van der Waals surface area contributed by atoms with Gasteiger partial charge >= 0.3 is 0 Å². The maximum Gasteiger partial charge on any atom is 0.178 e. The van der Waals surface area contributed by atoms with E-state index in [-0.39, 0.29) is 0 Å². The zero-order chi connectivity index (χ0) is 17.5. The van der Waals surface area contributed by atoms with E-state index in [2.05, 4.69) is 26.0 Å². The molecule has 0 amide bonds. The molecule has 0 heterocycles. The van der Waals surface area contributed by atoms with E-state index in [4.69, 9.17) is 0 Å². The van der Waals surface area contributed by atoms with Gasteiger partial charge in [-0.1, -0.05) is 71.8 Å². The highest BCUT2D eigenvalue weighted by Crippen LogP contribution is 2.29. The first kappa shape index (κ1) is 18.2. The molecule has 0 atom stereocenters. The van der Waals surface area contributed by atoms with Gasteiger partial charge in [-0.25, -0.2) is 0 Å². The summed E-state index contributed by atoms with van der Waals surface area (Å²) in [7, 11) is 0. The molecule has 2 rings (SSSR count). The van der Waals surface area contributed by atoms with Crippen LogP contribution in [-0.4, -0.2) is 16.5 Å². The molecule has 2 aromatic carbocycles. The SMILES string of the molecule is CC(C)=C(CC/C(C)=C(/c1ccccc1)C(O)O)c1ccccc1. The van der Waals surface area contributed by atoms with E-state index in [1.165, 1.54) is 16.7 Å². The lowest BCUT2D eigenvalue weighted by atomic mass is 9.92. The number of hydrogen-bond acceptors (Lipinski definition) is 2. The van der Waals surface area contributed by atoms with E-state index >= 15 is 0 Å². The molecule has 0 aliphatic rings. The third kappa shape index (κ3) is 4.67. The number of allylic oxidation sites excluding steroid dienone is 3. The molecule has 0 saturated carbocycles. The van der Waals surface area contributed by atoms with Gasteiger partial charge < -0.3 is 10.2 Å². The van der Waals surface area contributed by atoms with Crippen LogP contribution in [0.5, 0.6) is 0 Å². The summed E-state index contributed by atoms with van der Waals surface area (Å²) >= 11 is 0. The van der Waals surface area contributed by atoms with Crippen LogP contribution in [-0.2, 0) is 0 Å². The molecule has 0 radical (unpaired) electrons. The van der Waals surface area contributed by atoms with Gasteiger partial charge in [-0.05, 0) is 50.3 Å². The standard InChI is InChI=1S/C22H26O2/c1-16(2)20(18-10-6-4-7-11-18)15-14-17(3)21(22(23)24)19-12-8-5-9-13-19/h4-13,22-24H,14-15H2,1-3H3/b21-17-. The largest absolute Gasteiger partial charge is 0.364 e. The minimum atomic E-state index is -1.46. The summed E-state index contributed by atoms with van der Waals surface area (Å²) in [6, 6.07) is 20.0. The molecule has 0 aromatic heterocycles. The van der Waals surface area contributed by atoms with E-state index < -0.39 is 6.29 Å². The number of benzene rings is 2. The van der Waals surface area contributed by atoms with Crippen LogP contribution in [0.25, 0.3) is 11.1 Å². The first-order chi connectivity index (χ1) is 11.5. The predicted molar refractivity (Wildman–Crippen MR) is 101 cm³/mol. The lowest BCUT2D eigenvalue weighted by Crippen LogP contribution is -2.10. The minimum Gasteiger partial charge on any atom is -0.364 e. The monoisotopic (exact) mass is 322 g/mol. The maximum atomic E-state index is 9.81. The molecular weight excluding hydrogens is 296 g/mol. The second-order valence-corrected chi connectivity index (χ2v) is 6.28. The summed E-state index contributed by atoms with van der Waals surface area (Å²) in [4.78, 5) is 0. The Balaban J connectivity index is 2.26. The zero-order valence-corrected chi connectivity index (χ0v) is 14.7. The van der Waals surface area contributed by atoms with Gasteiger partial charge in [0.25, 0.3) is 0 Å². The lowest BCUT2D eigenvalue weighted by molar-refractivity contribution is 0.0107. The van der Waals surface area contributed by atoms with Gasteiger partial charge in [0.2, 0.25) is 0 Å². The first-order valence-corrected chi connectivity index (χ1v) is 8.33. The Labute approximate surface area is 144 Å². The molecule has 0 unspecified atom stereocenters. The normalized spacial score (nSPS) is 12.1. The van der Waals surface area contributed by atoms with Crippen molar-refractivity contribution in [1.29, 1.82) is 0 Å². The van der Waals surface area contributed by atoms with Crippen molar-refractivity contribution in [2.45, 2.75) is 39.9 Å². The molecule has 0 bridgehead atoms. The van der Waals surface area contributed by atoms with Crippen LogP contribution in [0.3, 0.4) is 0 Å². The molecule has 126 valence electrons. The number of aliphatic hydroxyl groups is 2. The Hall–Kier alpha value is -2.16. The second-order valence-electron chi connectivity index (χ2n) is 6.28. The molecule has 0 spiro atoms. The number of aliphatic hydroxyl groups excluding tert-OH is 1. The van der Waals surface area contributed by atoms with E-state index in [1.54, 1.807) is 0 Å². The molecule has 2 heteroatoms. The predicted octanol–water partition coefficient (Wildman–Crippen LogP) is 5.04. The average Bonchev–Trinajstić information content (AvgIpc) is 2.56. The van der Waals surface area contributed by atoms with Crippen LogP contribution < -0.4 is 0 Å². The second kappa shape index (κ2) is 8.62. The fourth-order valence-electron chi connectivity index (χ4n) is 3.00. The van der Waals surface area contributed by atoms with Crippen LogP contribution in [0.4, 0.5) is 0 Å². The van der Waals surface area contributed by atoms with Crippen molar-refractivity contribution >= 4 is 11.1 Å². The molecule has 0 aliphatic carbocycles. The Morgan fingerprint density at radius 3 is 1.71 bits per heavy atom. The summed E-state index contributed by atoms with van der Waals surface area (Å²) in [5.74, 6) is 0. The van der Waals surface area contributed by atoms with Crippen LogP contribution in [0, 0.1) is 0 Å². The lowest BCUT2D eigenvalue weighted by Gasteiger charge is -2.16. The van der Waals surface area contributed by atoms with Crippen LogP contribution in [0.15, 0.2) is 71.8 Å². The Morgan fingerprint density at radius 1 is 0.750 bits per heavy atom. The van der Waals surface area contributed by atoms with E-state index in [0.29, 0.717) is 5.57 Å². The number of rotatable bonds is 6. The highest BCUT2D eigenvalue weighted by Gasteiger charge is 2.14. The van der Waals surface area contributed by atoms with Gasteiger partial charge in [-0.2, -0.15) is 0 Å². The number of hydrogen-bond donors (Lipinski definition) is 2. The minimum absolute atomic E-state index is 0.608. The topological polar surface area (TPSA) is 40.5 Å². The molecule has 24 heavy (non-hydrogen) atoms. The Bertz CT molecular complexity index is 706. The van der Waals surface area contributed by atoms with Crippen molar-refractivity contribution in [2.75, 3.05) is 0 Å². The van der Waals surface area contributed by atoms with Gasteiger partial charge in [-0.3, -0.25) is 0 Å². The molecular formula is C22H26O2. The fourth-order valence-corrected chi connectivity index (χ4v) is 3.00. The van der Waals surface area contributed by atoms with Crippen LogP contribution >= 0.6 is 0 Å². The smallest absolute Gasteiger partial charge is 0.178 e. The van der Waals surface area contributed by atoms with Crippen molar-refractivity contribution in [1.82, 2.24) is 0 Å². The maximum absolute atomic E-state index is 9.81. The summed E-state index contributed by atoms with van der Waals surface area (Å²) in [5, 5.41) is 19.6. The molecule has 2 nitrogen and oxygen atoms in total. The van der Waals surface area contributed by atoms with Gasteiger partial charge in [-0.15, -0.1) is 0 Å². The molecule has 2 aromatic rings. The first-order valence-electron chi connectivity index (χ1n) is 8.33. The summed E-state index contributed by atoms with van der Waals surface area (Å²) in [6.07, 6.45) is 0.206. The molecule has 0 fully saturated rings. The highest BCUT2D eigenvalue weighted by atomic mass is 16.5. The fraction of sp³-hybridized carbons (Fsp3) is 0.273. The quantitative estimate of drug-likeness (QED) is 0.731. The highest BCUT2D eigenvalue weighted by molar-refractivity contribution is 5.72. The van der Waals surface area contributed by atoms with Gasteiger partial charge in [0.1, 0.15) is 0 Å². The third-order valence-corrected chi connectivity index (χ3v) is 4.28. The summed E-state index contributed by atoms with van der Waals surface area (Å²) in [5.41, 5.74) is 6.32. The molecule has 0 saturated heterocycles. The summed E-state index contributed by atoms with van der Waals surface area (Å²) < 4.78 is 0. The molecule has 2 N–H and O–H groups in total. The van der Waals surface area contributed by atoms with E-state index in [9.17, 15) is 10.2 Å². The van der Waals surface area contributed by atoms with Crippen molar-refractivity contribution in [2.24, 2.45) is 0 Å². The van der Waals surface area contributed by atoms with Gasteiger partial charge in [0.05, 0.1) is 0 Å². The van der Waals surface area contributed by atoms with Crippen molar-refractivity contribution < 1.29 is 10.2 Å². The third-order valence-electron chi connectivity index (χ3n) is 4.28. The molecule has 0 aliphatic heterocycles. The van der Waals surface area contributed by atoms with Crippen molar-refractivity contribution in [3.63, 3.8) is 0 Å². The van der Waals surface area contributed by atoms with E-state index in [0.717, 1.165) is 24.0 Å². The van der Waals surface area contributed by atoms with Crippen LogP contribution in [0.1, 0.15) is 44.7 Å². The van der Waals surface area contributed by atoms with Crippen molar-refractivity contribution in [3.05, 3.63) is 82.9 Å². The van der Waals surface area contributed by atoms with Gasteiger partial charge in [0, 0.05) is 5.57 Å². The van der Waals surface area contributed by atoms with Gasteiger partial charge in [0.15, 0.2) is 6.29 Å². The summed E-state index contributed by atoms with van der Waals surface area (Å²) in [6.45, 7) is 6.23. The van der Waals surface area contributed by atoms with Crippen LogP contribution in [0.2, 0.25) is 0 Å². The Kier molecular flexibility index (Phi) is 6.53. The Morgan fingerprint density at radius 2 is 1.25 bits per heavy atom. The van der Waals surface area contributed by atoms with E-state index in [1.807, 2.05) is 55.5 Å². The average molecular weight is 322 g/mol.